The van der Waals surface area contributed by atoms with Crippen LogP contribution in [0.2, 0.25) is 0 Å². The smallest absolute Gasteiger partial charge is 0.0398 e. The Morgan fingerprint density at radius 3 is 2.23 bits per heavy atom. The summed E-state index contributed by atoms with van der Waals surface area (Å²) in [6, 6.07) is 0. The number of hydrogen-bond acceptors (Lipinski definition) is 1. The number of hydrogen-bond donors (Lipinski definition) is 0. The summed E-state index contributed by atoms with van der Waals surface area (Å²) < 4.78 is 0. The van der Waals surface area contributed by atoms with E-state index in [1.807, 2.05) is 7.05 Å². The fourth-order valence-corrected chi connectivity index (χ4v) is 1.02. The van der Waals surface area contributed by atoms with Crippen LogP contribution >= 0.6 is 0 Å². The normalized spacial score (nSPS) is 14.7. The van der Waals surface area contributed by atoms with Gasteiger partial charge in [-0.05, 0) is 12.5 Å². The van der Waals surface area contributed by atoms with Crippen LogP contribution in [-0.4, -0.2) is 12.8 Å². The van der Waals surface area contributed by atoms with E-state index in [2.05, 4.69) is 57.0 Å². The predicted octanol–water partition coefficient (Wildman–Crippen LogP) is 3.63. The SMILES string of the molecule is CC/C=C/C=C\C(=NC)C(C)(C)C. The number of aliphatic imine (C=N–C) groups is 1. The molecule has 0 spiro atoms. The van der Waals surface area contributed by atoms with E-state index >= 15 is 0 Å². The fourth-order valence-electron chi connectivity index (χ4n) is 1.02. The molecule has 1 heteroatoms. The molecule has 0 aliphatic rings. The summed E-state index contributed by atoms with van der Waals surface area (Å²) in [4.78, 5) is 4.25. The van der Waals surface area contributed by atoms with Crippen LogP contribution in [0.15, 0.2) is 29.3 Å². The van der Waals surface area contributed by atoms with Gasteiger partial charge in [-0.2, -0.15) is 0 Å². The molecule has 0 bridgehead atoms. The molecule has 0 amide bonds. The van der Waals surface area contributed by atoms with Gasteiger partial charge in [0.05, 0.1) is 0 Å². The quantitative estimate of drug-likeness (QED) is 0.463. The van der Waals surface area contributed by atoms with Crippen molar-refractivity contribution in [3.8, 4) is 0 Å². The van der Waals surface area contributed by atoms with Crippen molar-refractivity contribution in [1.29, 1.82) is 0 Å². The molecule has 0 aromatic rings. The molecule has 0 N–H and O–H groups in total. The molecule has 0 aliphatic heterocycles. The summed E-state index contributed by atoms with van der Waals surface area (Å²) in [6.45, 7) is 8.64. The summed E-state index contributed by atoms with van der Waals surface area (Å²) in [5.74, 6) is 0. The zero-order valence-electron chi connectivity index (χ0n) is 9.46. The Morgan fingerprint density at radius 1 is 1.23 bits per heavy atom. The average molecular weight is 179 g/mol. The van der Waals surface area contributed by atoms with E-state index in [1.54, 1.807) is 0 Å². The minimum absolute atomic E-state index is 0.144. The highest BCUT2D eigenvalue weighted by molar-refractivity contribution is 5.99. The van der Waals surface area contributed by atoms with E-state index in [9.17, 15) is 0 Å². The van der Waals surface area contributed by atoms with E-state index in [4.69, 9.17) is 0 Å². The number of nitrogens with zero attached hydrogens (tertiary/aromatic N) is 1. The molecule has 0 radical (unpaired) electrons. The van der Waals surface area contributed by atoms with Gasteiger partial charge in [0, 0.05) is 18.2 Å². The molecule has 0 aromatic heterocycles. The Bertz CT molecular complexity index is 214. The summed E-state index contributed by atoms with van der Waals surface area (Å²) in [5.41, 5.74) is 1.28. The second-order valence-corrected chi connectivity index (χ2v) is 4.05. The van der Waals surface area contributed by atoms with Gasteiger partial charge >= 0.3 is 0 Å². The first-order chi connectivity index (χ1) is 6.02. The highest BCUT2D eigenvalue weighted by atomic mass is 14.7. The van der Waals surface area contributed by atoms with Gasteiger partial charge in [-0.3, -0.25) is 4.99 Å². The molecule has 1 nitrogen and oxygen atoms in total. The van der Waals surface area contributed by atoms with Gasteiger partial charge < -0.3 is 0 Å². The molecule has 0 aliphatic carbocycles. The lowest BCUT2D eigenvalue weighted by Gasteiger charge is -2.17. The van der Waals surface area contributed by atoms with E-state index < -0.39 is 0 Å². The Morgan fingerprint density at radius 2 is 1.85 bits per heavy atom. The molecule has 74 valence electrons. The Kier molecular flexibility index (Phi) is 5.36. The van der Waals surface area contributed by atoms with E-state index in [-0.39, 0.29) is 5.41 Å². The minimum Gasteiger partial charge on any atom is -0.293 e. The standard InChI is InChI=1S/C12H21N/c1-6-7-8-9-10-11(13-5)12(2,3)4/h7-10H,6H2,1-5H3/b8-7+,10-9-,13-11?. The first kappa shape index (κ1) is 12.2. The predicted molar refractivity (Wildman–Crippen MR) is 61.4 cm³/mol. The van der Waals surface area contributed by atoms with Crippen molar-refractivity contribution < 1.29 is 0 Å². The van der Waals surface area contributed by atoms with Crippen molar-refractivity contribution in [2.24, 2.45) is 10.4 Å². The lowest BCUT2D eigenvalue weighted by Crippen LogP contribution is -2.17. The maximum atomic E-state index is 4.25. The van der Waals surface area contributed by atoms with Crippen LogP contribution in [0.5, 0.6) is 0 Å². The van der Waals surface area contributed by atoms with Gasteiger partial charge in [-0.15, -0.1) is 0 Å². The van der Waals surface area contributed by atoms with Crippen molar-refractivity contribution in [2.45, 2.75) is 34.1 Å². The molecule has 0 fully saturated rings. The molecule has 0 aromatic carbocycles. The molecule has 0 heterocycles. The van der Waals surface area contributed by atoms with Crippen molar-refractivity contribution in [3.05, 3.63) is 24.3 Å². The third-order valence-electron chi connectivity index (χ3n) is 1.75. The summed E-state index contributed by atoms with van der Waals surface area (Å²) in [6.07, 6.45) is 9.41. The molecule has 0 atom stereocenters. The lowest BCUT2D eigenvalue weighted by molar-refractivity contribution is 0.593. The summed E-state index contributed by atoms with van der Waals surface area (Å²) >= 11 is 0. The third-order valence-corrected chi connectivity index (χ3v) is 1.75. The van der Waals surface area contributed by atoms with Crippen LogP contribution in [0.1, 0.15) is 34.1 Å². The average Bonchev–Trinajstić information content (AvgIpc) is 2.02. The van der Waals surface area contributed by atoms with E-state index in [0.717, 1.165) is 12.1 Å². The number of rotatable bonds is 3. The maximum Gasteiger partial charge on any atom is 0.0398 e. The summed E-state index contributed by atoms with van der Waals surface area (Å²) in [7, 11) is 1.84. The second kappa shape index (κ2) is 5.74. The van der Waals surface area contributed by atoms with Crippen molar-refractivity contribution >= 4 is 5.71 Å². The highest BCUT2D eigenvalue weighted by Crippen LogP contribution is 2.16. The fraction of sp³-hybridized carbons (Fsp3) is 0.583. The van der Waals surface area contributed by atoms with Crippen LogP contribution in [0, 0.1) is 5.41 Å². The molecule has 13 heavy (non-hydrogen) atoms. The zero-order valence-corrected chi connectivity index (χ0v) is 9.46. The molecule has 0 unspecified atom stereocenters. The maximum absolute atomic E-state index is 4.25. The van der Waals surface area contributed by atoms with E-state index in [0.29, 0.717) is 0 Å². The van der Waals surface area contributed by atoms with Gasteiger partial charge in [-0.25, -0.2) is 0 Å². The third kappa shape index (κ3) is 5.40. The lowest BCUT2D eigenvalue weighted by atomic mass is 9.89. The van der Waals surface area contributed by atoms with Gasteiger partial charge in [0.1, 0.15) is 0 Å². The van der Waals surface area contributed by atoms with Crippen LogP contribution in [0.4, 0.5) is 0 Å². The molecule has 0 saturated carbocycles. The first-order valence-electron chi connectivity index (χ1n) is 4.82. The van der Waals surface area contributed by atoms with E-state index in [1.165, 1.54) is 0 Å². The monoisotopic (exact) mass is 179 g/mol. The molecular formula is C12H21N. The Balaban J connectivity index is 4.32. The topological polar surface area (TPSA) is 12.4 Å². The van der Waals surface area contributed by atoms with Crippen LogP contribution in [0.3, 0.4) is 0 Å². The van der Waals surface area contributed by atoms with Crippen LogP contribution in [0.25, 0.3) is 0 Å². The van der Waals surface area contributed by atoms with Crippen LogP contribution < -0.4 is 0 Å². The first-order valence-corrected chi connectivity index (χ1v) is 4.82. The summed E-state index contributed by atoms with van der Waals surface area (Å²) in [5, 5.41) is 0. The van der Waals surface area contributed by atoms with Gasteiger partial charge in [0.2, 0.25) is 0 Å². The van der Waals surface area contributed by atoms with Gasteiger partial charge in [0.15, 0.2) is 0 Å². The molecular weight excluding hydrogens is 158 g/mol. The van der Waals surface area contributed by atoms with Crippen LogP contribution in [-0.2, 0) is 0 Å². The molecule has 0 saturated heterocycles. The van der Waals surface area contributed by atoms with Gasteiger partial charge in [-0.1, -0.05) is 45.9 Å². The highest BCUT2D eigenvalue weighted by Gasteiger charge is 2.14. The Labute approximate surface area is 82.3 Å². The van der Waals surface area contributed by atoms with Gasteiger partial charge in [0.25, 0.3) is 0 Å². The largest absolute Gasteiger partial charge is 0.293 e. The number of allylic oxidation sites excluding steroid dienone is 4. The zero-order chi connectivity index (χ0) is 10.3. The Hall–Kier alpha value is -0.850. The van der Waals surface area contributed by atoms with Crippen molar-refractivity contribution in [1.82, 2.24) is 0 Å². The minimum atomic E-state index is 0.144. The second-order valence-electron chi connectivity index (χ2n) is 4.05. The van der Waals surface area contributed by atoms with Crippen molar-refractivity contribution in [2.75, 3.05) is 7.05 Å². The molecule has 0 rings (SSSR count). The van der Waals surface area contributed by atoms with Crippen molar-refractivity contribution in [3.63, 3.8) is 0 Å².